The van der Waals surface area contributed by atoms with Crippen LogP contribution < -0.4 is 0 Å². The third-order valence-electron chi connectivity index (χ3n) is 4.97. The van der Waals surface area contributed by atoms with Gasteiger partial charge in [-0.25, -0.2) is 0 Å². The Morgan fingerprint density at radius 1 is 0.792 bits per heavy atom. The first-order valence-electron chi connectivity index (χ1n) is 7.98. The Balaban J connectivity index is 1.94. The lowest BCUT2D eigenvalue weighted by Gasteiger charge is -2.24. The van der Waals surface area contributed by atoms with Crippen LogP contribution in [0.1, 0.15) is 25.0 Å². The molecular weight excluding hydrogens is 298 g/mol. The Bertz CT molecular complexity index is 956. The van der Waals surface area contributed by atoms with Crippen LogP contribution in [0.5, 0.6) is 0 Å². The molecule has 0 N–H and O–H groups in total. The summed E-state index contributed by atoms with van der Waals surface area (Å²) >= 11 is 0. The summed E-state index contributed by atoms with van der Waals surface area (Å²) in [5.41, 5.74) is 7.34. The molecule has 0 unspecified atom stereocenters. The second kappa shape index (κ2) is 5.03. The maximum atomic E-state index is 10.9. The van der Waals surface area contributed by atoms with E-state index in [9.17, 15) is 10.1 Å². The molecule has 3 nitrogen and oxygen atoms in total. The van der Waals surface area contributed by atoms with Gasteiger partial charge in [-0.2, -0.15) is 0 Å². The van der Waals surface area contributed by atoms with Crippen molar-refractivity contribution in [3.05, 3.63) is 88.0 Å². The van der Waals surface area contributed by atoms with E-state index < -0.39 is 0 Å². The number of hydrogen-bond acceptors (Lipinski definition) is 2. The van der Waals surface area contributed by atoms with Crippen molar-refractivity contribution in [2.45, 2.75) is 19.3 Å². The fourth-order valence-electron chi connectivity index (χ4n) is 3.85. The van der Waals surface area contributed by atoms with Crippen LogP contribution in [0.3, 0.4) is 0 Å². The lowest BCUT2D eigenvalue weighted by molar-refractivity contribution is -0.384. The molecule has 0 heterocycles. The molecule has 3 heteroatoms. The maximum absolute atomic E-state index is 10.9. The Labute approximate surface area is 140 Å². The molecule has 0 radical (unpaired) electrons. The normalized spacial score (nSPS) is 14.1. The lowest BCUT2D eigenvalue weighted by atomic mass is 9.79. The van der Waals surface area contributed by atoms with E-state index in [0.29, 0.717) is 0 Å². The zero-order valence-corrected chi connectivity index (χ0v) is 13.6. The Morgan fingerprint density at radius 3 is 2.12 bits per heavy atom. The Morgan fingerprint density at radius 2 is 1.42 bits per heavy atom. The van der Waals surface area contributed by atoms with Crippen molar-refractivity contribution in [2.75, 3.05) is 0 Å². The molecule has 1 aliphatic carbocycles. The number of benzene rings is 3. The standard InChI is InChI=1S/C21H17NO2/c1-21(2)19-9-4-3-6-17(19)18-8-5-7-16(20(18)21)14-10-12-15(13-11-14)22(23)24/h3-13H,1-2H3. The van der Waals surface area contributed by atoms with Gasteiger partial charge in [-0.1, -0.05) is 56.3 Å². The fourth-order valence-corrected chi connectivity index (χ4v) is 3.85. The van der Waals surface area contributed by atoms with Gasteiger partial charge in [0.2, 0.25) is 0 Å². The van der Waals surface area contributed by atoms with Gasteiger partial charge in [-0.15, -0.1) is 0 Å². The van der Waals surface area contributed by atoms with Crippen molar-refractivity contribution in [3.63, 3.8) is 0 Å². The van der Waals surface area contributed by atoms with E-state index in [2.05, 4.69) is 56.3 Å². The molecule has 0 atom stereocenters. The number of rotatable bonds is 2. The molecule has 24 heavy (non-hydrogen) atoms. The highest BCUT2D eigenvalue weighted by atomic mass is 16.6. The van der Waals surface area contributed by atoms with Crippen LogP contribution in [-0.4, -0.2) is 4.92 Å². The number of nitro benzene ring substituents is 1. The smallest absolute Gasteiger partial charge is 0.258 e. The van der Waals surface area contributed by atoms with E-state index in [1.807, 2.05) is 12.1 Å². The van der Waals surface area contributed by atoms with Crippen molar-refractivity contribution >= 4 is 5.69 Å². The number of nitro groups is 1. The molecule has 1 aliphatic rings. The number of nitrogens with zero attached hydrogens (tertiary/aromatic N) is 1. The minimum Gasteiger partial charge on any atom is -0.258 e. The highest BCUT2D eigenvalue weighted by molar-refractivity contribution is 5.88. The SMILES string of the molecule is CC1(C)c2ccccc2-c2cccc(-c3ccc([N+](=O)[O-])cc3)c21. The summed E-state index contributed by atoms with van der Waals surface area (Å²) in [4.78, 5) is 10.5. The third-order valence-corrected chi connectivity index (χ3v) is 4.97. The predicted octanol–water partition coefficient (Wildman–Crippen LogP) is 5.57. The van der Waals surface area contributed by atoms with E-state index in [0.717, 1.165) is 11.1 Å². The molecule has 0 amide bonds. The zero-order chi connectivity index (χ0) is 16.9. The molecule has 0 fully saturated rings. The molecule has 0 saturated heterocycles. The average Bonchev–Trinajstić information content (AvgIpc) is 2.84. The summed E-state index contributed by atoms with van der Waals surface area (Å²) in [6.45, 7) is 4.49. The van der Waals surface area contributed by atoms with Crippen LogP contribution in [0.15, 0.2) is 66.7 Å². The van der Waals surface area contributed by atoms with Gasteiger partial charge in [-0.05, 0) is 45.5 Å². The van der Waals surface area contributed by atoms with Crippen LogP contribution in [0.4, 0.5) is 5.69 Å². The highest BCUT2D eigenvalue weighted by Gasteiger charge is 2.37. The molecule has 0 spiro atoms. The Hall–Kier alpha value is -2.94. The monoisotopic (exact) mass is 315 g/mol. The predicted molar refractivity (Wildman–Crippen MR) is 96.1 cm³/mol. The maximum Gasteiger partial charge on any atom is 0.269 e. The van der Waals surface area contributed by atoms with Gasteiger partial charge in [0, 0.05) is 17.5 Å². The van der Waals surface area contributed by atoms with Crippen molar-refractivity contribution in [1.82, 2.24) is 0 Å². The Kier molecular flexibility index (Phi) is 3.07. The molecule has 0 saturated carbocycles. The molecule has 0 aliphatic heterocycles. The molecule has 118 valence electrons. The molecule has 3 aromatic carbocycles. The first kappa shape index (κ1) is 14.6. The second-order valence-corrected chi connectivity index (χ2v) is 6.70. The van der Waals surface area contributed by atoms with Gasteiger partial charge in [-0.3, -0.25) is 10.1 Å². The van der Waals surface area contributed by atoms with Crippen LogP contribution in [0.25, 0.3) is 22.3 Å². The van der Waals surface area contributed by atoms with Crippen LogP contribution in [-0.2, 0) is 5.41 Å². The minimum atomic E-state index is -0.362. The summed E-state index contributed by atoms with van der Waals surface area (Å²) in [6.07, 6.45) is 0. The van der Waals surface area contributed by atoms with Gasteiger partial charge < -0.3 is 0 Å². The summed E-state index contributed by atoms with van der Waals surface area (Å²) in [6, 6.07) is 21.7. The molecular formula is C21H17NO2. The van der Waals surface area contributed by atoms with E-state index in [1.165, 1.54) is 22.3 Å². The number of non-ortho nitro benzene ring substituents is 1. The van der Waals surface area contributed by atoms with Gasteiger partial charge in [0.1, 0.15) is 0 Å². The number of fused-ring (bicyclic) bond motifs is 3. The minimum absolute atomic E-state index is 0.0930. The van der Waals surface area contributed by atoms with Gasteiger partial charge in [0.25, 0.3) is 5.69 Å². The largest absolute Gasteiger partial charge is 0.269 e. The molecule has 4 rings (SSSR count). The lowest BCUT2D eigenvalue weighted by Crippen LogP contribution is -2.16. The molecule has 0 aromatic heterocycles. The fraction of sp³-hybridized carbons (Fsp3) is 0.143. The second-order valence-electron chi connectivity index (χ2n) is 6.70. The van der Waals surface area contributed by atoms with E-state index in [-0.39, 0.29) is 16.0 Å². The van der Waals surface area contributed by atoms with Crippen LogP contribution >= 0.6 is 0 Å². The average molecular weight is 315 g/mol. The highest BCUT2D eigenvalue weighted by Crippen LogP contribution is 2.51. The first-order chi connectivity index (χ1) is 11.5. The van der Waals surface area contributed by atoms with Crippen molar-refractivity contribution in [1.29, 1.82) is 0 Å². The van der Waals surface area contributed by atoms with Crippen molar-refractivity contribution < 1.29 is 4.92 Å². The van der Waals surface area contributed by atoms with Gasteiger partial charge in [0.05, 0.1) is 4.92 Å². The van der Waals surface area contributed by atoms with E-state index in [1.54, 1.807) is 12.1 Å². The summed E-state index contributed by atoms with van der Waals surface area (Å²) in [5.74, 6) is 0. The summed E-state index contributed by atoms with van der Waals surface area (Å²) in [7, 11) is 0. The summed E-state index contributed by atoms with van der Waals surface area (Å²) in [5, 5.41) is 10.9. The third kappa shape index (κ3) is 1.98. The van der Waals surface area contributed by atoms with Crippen molar-refractivity contribution in [3.8, 4) is 22.3 Å². The van der Waals surface area contributed by atoms with Crippen molar-refractivity contribution in [2.24, 2.45) is 0 Å². The number of hydrogen-bond donors (Lipinski definition) is 0. The molecule has 0 bridgehead atoms. The topological polar surface area (TPSA) is 43.1 Å². The van der Waals surface area contributed by atoms with Gasteiger partial charge >= 0.3 is 0 Å². The molecule has 3 aromatic rings. The van der Waals surface area contributed by atoms with Gasteiger partial charge in [0.15, 0.2) is 0 Å². The zero-order valence-electron chi connectivity index (χ0n) is 13.6. The summed E-state index contributed by atoms with van der Waals surface area (Å²) < 4.78 is 0. The first-order valence-corrected chi connectivity index (χ1v) is 7.98. The quantitative estimate of drug-likeness (QED) is 0.458. The van der Waals surface area contributed by atoms with Crippen LogP contribution in [0.2, 0.25) is 0 Å². The van der Waals surface area contributed by atoms with E-state index in [4.69, 9.17) is 0 Å². The van der Waals surface area contributed by atoms with Crippen LogP contribution in [0, 0.1) is 10.1 Å². The van der Waals surface area contributed by atoms with E-state index >= 15 is 0 Å².